The minimum Gasteiger partial charge on any atom is -0.380 e. The molecule has 5 nitrogen and oxygen atoms in total. The van der Waals surface area contributed by atoms with Gasteiger partial charge < -0.3 is 20.1 Å². The fraction of sp³-hybridized carbons (Fsp3) is 0.435. The van der Waals surface area contributed by atoms with Gasteiger partial charge in [-0.2, -0.15) is 13.2 Å². The Morgan fingerprint density at radius 3 is 2.52 bits per heavy atom. The summed E-state index contributed by atoms with van der Waals surface area (Å²) in [5.74, 6) is 1.49. The van der Waals surface area contributed by atoms with Crippen LogP contribution in [-0.4, -0.2) is 41.1 Å². The molecule has 2 aromatic heterocycles. The molecule has 0 spiro atoms. The standard InChI is InChI=1S/C23H28F3N5/c1-30-8-5-16(6-9-30)13-28-22-4-3-17(15-29-22)14-27-20-11-18(23(24,25)26)12-21-19(20)7-10-31(21)2/h3-4,7,10-12,15-16,27H,5-6,8-9,13-14H2,1-2H3,(H,28,29). The molecule has 1 aliphatic heterocycles. The van der Waals surface area contributed by atoms with Crippen molar-refractivity contribution < 1.29 is 13.2 Å². The lowest BCUT2D eigenvalue weighted by atomic mass is 9.97. The Bertz CT molecular complexity index is 1020. The van der Waals surface area contributed by atoms with E-state index in [4.69, 9.17) is 0 Å². The number of likely N-dealkylation sites (tertiary alicyclic amines) is 1. The number of rotatable bonds is 6. The first-order valence-electron chi connectivity index (χ1n) is 10.6. The van der Waals surface area contributed by atoms with Gasteiger partial charge in [-0.1, -0.05) is 6.07 Å². The first-order valence-corrected chi connectivity index (χ1v) is 10.6. The van der Waals surface area contributed by atoms with Crippen molar-refractivity contribution in [3.63, 3.8) is 0 Å². The van der Waals surface area contributed by atoms with Crippen LogP contribution in [0.1, 0.15) is 24.0 Å². The molecular formula is C23H28F3N5. The Balaban J connectivity index is 1.39. The average molecular weight is 432 g/mol. The lowest BCUT2D eigenvalue weighted by molar-refractivity contribution is -0.137. The van der Waals surface area contributed by atoms with Crippen LogP contribution >= 0.6 is 0 Å². The fourth-order valence-electron chi connectivity index (χ4n) is 4.03. The number of hydrogen-bond acceptors (Lipinski definition) is 4. The van der Waals surface area contributed by atoms with Crippen molar-refractivity contribution in [2.75, 3.05) is 37.3 Å². The quantitative estimate of drug-likeness (QED) is 0.579. The molecule has 1 saturated heterocycles. The molecule has 0 radical (unpaired) electrons. The van der Waals surface area contributed by atoms with E-state index in [0.29, 0.717) is 23.7 Å². The van der Waals surface area contributed by atoms with Gasteiger partial charge in [-0.3, -0.25) is 0 Å². The molecule has 8 heteroatoms. The van der Waals surface area contributed by atoms with E-state index in [2.05, 4.69) is 27.6 Å². The van der Waals surface area contributed by atoms with Gasteiger partial charge in [0, 0.05) is 43.6 Å². The van der Waals surface area contributed by atoms with Crippen molar-refractivity contribution >= 4 is 22.4 Å². The number of nitrogens with zero attached hydrogens (tertiary/aromatic N) is 3. The van der Waals surface area contributed by atoms with Crippen LogP contribution in [0.2, 0.25) is 0 Å². The molecule has 166 valence electrons. The van der Waals surface area contributed by atoms with E-state index in [9.17, 15) is 13.2 Å². The molecule has 1 aromatic carbocycles. The van der Waals surface area contributed by atoms with Crippen LogP contribution < -0.4 is 10.6 Å². The van der Waals surface area contributed by atoms with Gasteiger partial charge in [0.05, 0.1) is 11.1 Å². The second-order valence-electron chi connectivity index (χ2n) is 8.41. The van der Waals surface area contributed by atoms with Gasteiger partial charge in [0.1, 0.15) is 5.82 Å². The summed E-state index contributed by atoms with van der Waals surface area (Å²) >= 11 is 0. The maximum absolute atomic E-state index is 13.3. The molecule has 31 heavy (non-hydrogen) atoms. The maximum Gasteiger partial charge on any atom is 0.416 e. The molecule has 0 unspecified atom stereocenters. The highest BCUT2D eigenvalue weighted by Crippen LogP contribution is 2.35. The topological polar surface area (TPSA) is 45.1 Å². The van der Waals surface area contributed by atoms with Crippen molar-refractivity contribution in [1.82, 2.24) is 14.5 Å². The number of hydrogen-bond donors (Lipinski definition) is 2. The Kier molecular flexibility index (Phi) is 6.09. The summed E-state index contributed by atoms with van der Waals surface area (Å²) < 4.78 is 41.6. The minimum atomic E-state index is -4.39. The third kappa shape index (κ3) is 5.12. The van der Waals surface area contributed by atoms with Gasteiger partial charge in [-0.15, -0.1) is 0 Å². The first-order chi connectivity index (χ1) is 14.8. The number of benzene rings is 1. The summed E-state index contributed by atoms with van der Waals surface area (Å²) in [5, 5.41) is 7.33. The summed E-state index contributed by atoms with van der Waals surface area (Å²) in [6, 6.07) is 8.06. The van der Waals surface area contributed by atoms with Gasteiger partial charge >= 0.3 is 6.18 Å². The number of aryl methyl sites for hydroxylation is 1. The van der Waals surface area contributed by atoms with Gasteiger partial charge in [0.25, 0.3) is 0 Å². The number of nitrogens with one attached hydrogen (secondary N) is 2. The molecule has 1 fully saturated rings. The Labute approximate surface area is 180 Å². The zero-order chi connectivity index (χ0) is 22.0. The van der Waals surface area contributed by atoms with E-state index in [-0.39, 0.29) is 0 Å². The fourth-order valence-corrected chi connectivity index (χ4v) is 4.03. The van der Waals surface area contributed by atoms with Crippen LogP contribution in [0, 0.1) is 5.92 Å². The van der Waals surface area contributed by atoms with Gasteiger partial charge in [-0.05, 0) is 68.7 Å². The largest absolute Gasteiger partial charge is 0.416 e. The average Bonchev–Trinajstić information content (AvgIpc) is 3.13. The zero-order valence-electron chi connectivity index (χ0n) is 17.8. The molecular weight excluding hydrogens is 403 g/mol. The third-order valence-electron chi connectivity index (χ3n) is 6.05. The van der Waals surface area contributed by atoms with Crippen molar-refractivity contribution in [3.8, 4) is 0 Å². The Morgan fingerprint density at radius 2 is 1.84 bits per heavy atom. The second kappa shape index (κ2) is 8.78. The van der Waals surface area contributed by atoms with Crippen molar-refractivity contribution in [2.45, 2.75) is 25.6 Å². The minimum absolute atomic E-state index is 0.396. The number of fused-ring (bicyclic) bond motifs is 1. The zero-order valence-corrected chi connectivity index (χ0v) is 17.8. The normalized spacial score (nSPS) is 16.0. The van der Waals surface area contributed by atoms with Crippen LogP contribution in [0.3, 0.4) is 0 Å². The molecule has 0 bridgehead atoms. The summed E-state index contributed by atoms with van der Waals surface area (Å²) in [4.78, 5) is 6.82. The monoisotopic (exact) mass is 431 g/mol. The molecule has 0 aliphatic carbocycles. The van der Waals surface area contributed by atoms with Crippen molar-refractivity contribution in [3.05, 3.63) is 53.9 Å². The lowest BCUT2D eigenvalue weighted by Gasteiger charge is -2.29. The first kappa shape index (κ1) is 21.5. The second-order valence-corrected chi connectivity index (χ2v) is 8.41. The number of piperidine rings is 1. The molecule has 0 amide bonds. The van der Waals surface area contributed by atoms with Crippen LogP contribution in [0.15, 0.2) is 42.7 Å². The van der Waals surface area contributed by atoms with Crippen LogP contribution in [-0.2, 0) is 19.8 Å². The van der Waals surface area contributed by atoms with E-state index in [1.807, 2.05) is 18.2 Å². The van der Waals surface area contributed by atoms with Crippen molar-refractivity contribution in [2.24, 2.45) is 13.0 Å². The number of alkyl halides is 3. The number of anilines is 2. The van der Waals surface area contributed by atoms with E-state index < -0.39 is 11.7 Å². The Morgan fingerprint density at radius 1 is 1.06 bits per heavy atom. The third-order valence-corrected chi connectivity index (χ3v) is 6.05. The van der Waals surface area contributed by atoms with Gasteiger partial charge in [-0.25, -0.2) is 4.98 Å². The van der Waals surface area contributed by atoms with E-state index in [1.54, 1.807) is 24.0 Å². The predicted molar refractivity (Wildman–Crippen MR) is 118 cm³/mol. The van der Waals surface area contributed by atoms with E-state index in [1.165, 1.54) is 25.0 Å². The highest BCUT2D eigenvalue weighted by Gasteiger charge is 2.31. The summed E-state index contributed by atoms with van der Waals surface area (Å²) in [5.41, 5.74) is 1.26. The SMILES string of the molecule is CN1CCC(CNc2ccc(CNc3cc(C(F)(F)F)cc4c3ccn4C)cn2)CC1. The van der Waals surface area contributed by atoms with Gasteiger partial charge in [0.15, 0.2) is 0 Å². The predicted octanol–water partition coefficient (Wildman–Crippen LogP) is 4.96. The smallest absolute Gasteiger partial charge is 0.380 e. The highest BCUT2D eigenvalue weighted by atomic mass is 19.4. The highest BCUT2D eigenvalue weighted by molar-refractivity contribution is 5.93. The molecule has 0 saturated carbocycles. The summed E-state index contributed by atoms with van der Waals surface area (Å²) in [6.45, 7) is 3.57. The summed E-state index contributed by atoms with van der Waals surface area (Å²) in [6.07, 6.45) is 1.52. The number of halogens is 3. The molecule has 1 aliphatic rings. The van der Waals surface area contributed by atoms with Crippen LogP contribution in [0.5, 0.6) is 0 Å². The molecule has 0 atom stereocenters. The lowest BCUT2D eigenvalue weighted by Crippen LogP contribution is -2.33. The van der Waals surface area contributed by atoms with Crippen LogP contribution in [0.25, 0.3) is 10.9 Å². The molecule has 3 heterocycles. The van der Waals surface area contributed by atoms with Crippen molar-refractivity contribution in [1.29, 1.82) is 0 Å². The Hall–Kier alpha value is -2.74. The molecule has 2 N–H and O–H groups in total. The maximum atomic E-state index is 13.3. The van der Waals surface area contributed by atoms with E-state index in [0.717, 1.165) is 36.4 Å². The van der Waals surface area contributed by atoms with Gasteiger partial charge in [0.2, 0.25) is 0 Å². The molecule has 3 aromatic rings. The van der Waals surface area contributed by atoms with Crippen LogP contribution in [0.4, 0.5) is 24.7 Å². The molecule has 4 rings (SSSR count). The van der Waals surface area contributed by atoms with E-state index >= 15 is 0 Å². The number of pyridine rings is 1. The summed E-state index contributed by atoms with van der Waals surface area (Å²) in [7, 11) is 3.90. The number of aromatic nitrogens is 2.